The van der Waals surface area contributed by atoms with Gasteiger partial charge in [0, 0.05) is 37.8 Å². The van der Waals surface area contributed by atoms with Crippen molar-refractivity contribution < 1.29 is 14.3 Å². The summed E-state index contributed by atoms with van der Waals surface area (Å²) in [6.45, 7) is 2.62. The lowest BCUT2D eigenvalue weighted by atomic mass is 9.96. The average molecular weight is 331 g/mol. The molecule has 1 aromatic carbocycles. The van der Waals surface area contributed by atoms with E-state index in [1.807, 2.05) is 30.3 Å². The van der Waals surface area contributed by atoms with Crippen LogP contribution >= 0.6 is 0 Å². The zero-order valence-corrected chi connectivity index (χ0v) is 13.9. The number of anilines is 1. The van der Waals surface area contributed by atoms with Gasteiger partial charge in [0.05, 0.1) is 6.10 Å². The molecule has 2 saturated heterocycles. The van der Waals surface area contributed by atoms with Gasteiger partial charge >= 0.3 is 6.03 Å². The molecular weight excluding hydrogens is 306 g/mol. The largest absolute Gasteiger partial charge is 0.376 e. The number of carbonyl (C=O) groups is 2. The van der Waals surface area contributed by atoms with Crippen molar-refractivity contribution in [2.24, 2.45) is 5.92 Å². The van der Waals surface area contributed by atoms with Crippen molar-refractivity contribution in [3.63, 3.8) is 0 Å². The van der Waals surface area contributed by atoms with E-state index in [4.69, 9.17) is 4.74 Å². The number of carbonyl (C=O) groups excluding carboxylic acids is 2. The first-order valence-electron chi connectivity index (χ1n) is 8.72. The van der Waals surface area contributed by atoms with E-state index in [-0.39, 0.29) is 24.0 Å². The number of rotatable bonds is 4. The van der Waals surface area contributed by atoms with Crippen LogP contribution in [0.5, 0.6) is 0 Å². The Morgan fingerprint density at radius 3 is 2.54 bits per heavy atom. The second-order valence-electron chi connectivity index (χ2n) is 6.44. The maximum Gasteiger partial charge on any atom is 0.321 e. The van der Waals surface area contributed by atoms with Crippen molar-refractivity contribution in [3.05, 3.63) is 30.3 Å². The van der Waals surface area contributed by atoms with Gasteiger partial charge in [-0.15, -0.1) is 0 Å². The first-order valence-corrected chi connectivity index (χ1v) is 8.72. The predicted molar refractivity (Wildman–Crippen MR) is 91.7 cm³/mol. The number of piperidine rings is 1. The fraction of sp³-hybridized carbons (Fsp3) is 0.556. The second-order valence-corrected chi connectivity index (χ2v) is 6.44. The number of benzene rings is 1. The van der Waals surface area contributed by atoms with E-state index < -0.39 is 0 Å². The molecule has 0 saturated carbocycles. The fourth-order valence-corrected chi connectivity index (χ4v) is 3.23. The van der Waals surface area contributed by atoms with Crippen LogP contribution in [0.4, 0.5) is 10.5 Å². The Balaban J connectivity index is 1.40. The molecule has 6 nitrogen and oxygen atoms in total. The van der Waals surface area contributed by atoms with Gasteiger partial charge in [0.25, 0.3) is 0 Å². The summed E-state index contributed by atoms with van der Waals surface area (Å²) in [5.41, 5.74) is 0.791. The molecule has 3 amide bonds. The van der Waals surface area contributed by atoms with E-state index in [1.54, 1.807) is 4.90 Å². The number of para-hydroxylation sites is 1. The maximum absolute atomic E-state index is 12.2. The Kier molecular flexibility index (Phi) is 5.69. The van der Waals surface area contributed by atoms with Crippen LogP contribution in [-0.2, 0) is 9.53 Å². The summed E-state index contributed by atoms with van der Waals surface area (Å²) in [6, 6.07) is 9.32. The van der Waals surface area contributed by atoms with Crippen molar-refractivity contribution in [1.82, 2.24) is 10.2 Å². The SMILES string of the molecule is O=C(NC[C@H]1CCCO1)C1CCN(C(=O)Nc2ccccc2)CC1. The average Bonchev–Trinajstić information content (AvgIpc) is 3.14. The highest BCUT2D eigenvalue weighted by molar-refractivity contribution is 5.89. The highest BCUT2D eigenvalue weighted by atomic mass is 16.5. The molecular formula is C18H25N3O3. The van der Waals surface area contributed by atoms with Gasteiger partial charge in [0.2, 0.25) is 5.91 Å². The summed E-state index contributed by atoms with van der Waals surface area (Å²) in [7, 11) is 0. The van der Waals surface area contributed by atoms with Gasteiger partial charge in [-0.25, -0.2) is 4.79 Å². The zero-order chi connectivity index (χ0) is 16.8. The molecule has 1 aromatic rings. The number of likely N-dealkylation sites (tertiary alicyclic amines) is 1. The summed E-state index contributed by atoms with van der Waals surface area (Å²) in [5, 5.41) is 5.88. The molecule has 2 fully saturated rings. The summed E-state index contributed by atoms with van der Waals surface area (Å²) >= 11 is 0. The van der Waals surface area contributed by atoms with Crippen molar-refractivity contribution in [2.75, 3.05) is 31.6 Å². The molecule has 130 valence electrons. The summed E-state index contributed by atoms with van der Waals surface area (Å²) in [6.07, 6.45) is 3.69. The van der Waals surface area contributed by atoms with Crippen molar-refractivity contribution in [3.8, 4) is 0 Å². The van der Waals surface area contributed by atoms with Crippen LogP contribution in [0.2, 0.25) is 0 Å². The molecule has 2 aliphatic heterocycles. The van der Waals surface area contributed by atoms with Crippen LogP contribution in [0.25, 0.3) is 0 Å². The molecule has 0 unspecified atom stereocenters. The number of hydrogen-bond donors (Lipinski definition) is 2. The minimum absolute atomic E-state index is 0.00724. The molecule has 6 heteroatoms. The summed E-state index contributed by atoms with van der Waals surface area (Å²) in [4.78, 5) is 26.3. The van der Waals surface area contributed by atoms with Gasteiger partial charge in [-0.1, -0.05) is 18.2 Å². The topological polar surface area (TPSA) is 70.7 Å². The third-order valence-corrected chi connectivity index (χ3v) is 4.71. The monoisotopic (exact) mass is 331 g/mol. The van der Waals surface area contributed by atoms with Crippen LogP contribution in [-0.4, -0.2) is 49.2 Å². The second kappa shape index (κ2) is 8.15. The minimum Gasteiger partial charge on any atom is -0.376 e. The molecule has 2 heterocycles. The minimum atomic E-state index is -0.0978. The number of hydrogen-bond acceptors (Lipinski definition) is 3. The highest BCUT2D eigenvalue weighted by Crippen LogP contribution is 2.19. The number of ether oxygens (including phenoxy) is 1. The van der Waals surface area contributed by atoms with E-state index in [2.05, 4.69) is 10.6 Å². The third kappa shape index (κ3) is 4.47. The van der Waals surface area contributed by atoms with Crippen LogP contribution < -0.4 is 10.6 Å². The summed E-state index contributed by atoms with van der Waals surface area (Å²) in [5.74, 6) is 0.0841. The molecule has 0 spiro atoms. The lowest BCUT2D eigenvalue weighted by Crippen LogP contribution is -2.45. The Bertz CT molecular complexity index is 550. The normalized spacial score (nSPS) is 21.5. The van der Waals surface area contributed by atoms with Crippen LogP contribution in [0.3, 0.4) is 0 Å². The van der Waals surface area contributed by atoms with Gasteiger partial charge in [-0.05, 0) is 37.8 Å². The molecule has 2 N–H and O–H groups in total. The van der Waals surface area contributed by atoms with E-state index in [1.165, 1.54) is 0 Å². The molecule has 0 radical (unpaired) electrons. The molecule has 3 rings (SSSR count). The standard InChI is InChI=1S/C18H25N3O3/c22-17(19-13-16-7-4-12-24-16)14-8-10-21(11-9-14)18(23)20-15-5-2-1-3-6-15/h1-3,5-6,14,16H,4,7-13H2,(H,19,22)(H,20,23)/t16-/m1/s1. The van der Waals surface area contributed by atoms with Gasteiger partial charge in [-0.3, -0.25) is 4.79 Å². The number of amides is 3. The fourth-order valence-electron chi connectivity index (χ4n) is 3.23. The van der Waals surface area contributed by atoms with Gasteiger partial charge in [0.1, 0.15) is 0 Å². The zero-order valence-electron chi connectivity index (χ0n) is 13.9. The smallest absolute Gasteiger partial charge is 0.321 e. The van der Waals surface area contributed by atoms with Crippen molar-refractivity contribution in [1.29, 1.82) is 0 Å². The molecule has 1 atom stereocenters. The summed E-state index contributed by atoms with van der Waals surface area (Å²) < 4.78 is 5.52. The Morgan fingerprint density at radius 1 is 1.12 bits per heavy atom. The van der Waals surface area contributed by atoms with Crippen molar-refractivity contribution in [2.45, 2.75) is 31.8 Å². The van der Waals surface area contributed by atoms with Gasteiger partial charge < -0.3 is 20.3 Å². The lowest BCUT2D eigenvalue weighted by molar-refractivity contribution is -0.126. The first kappa shape index (κ1) is 16.8. The van der Waals surface area contributed by atoms with Gasteiger partial charge in [-0.2, -0.15) is 0 Å². The van der Waals surface area contributed by atoms with E-state index in [9.17, 15) is 9.59 Å². The van der Waals surface area contributed by atoms with Gasteiger partial charge in [0.15, 0.2) is 0 Å². The van der Waals surface area contributed by atoms with E-state index in [0.717, 1.165) is 25.1 Å². The maximum atomic E-state index is 12.2. The first-order chi connectivity index (χ1) is 11.7. The van der Waals surface area contributed by atoms with Crippen LogP contribution in [0.1, 0.15) is 25.7 Å². The van der Waals surface area contributed by atoms with Crippen molar-refractivity contribution >= 4 is 17.6 Å². The third-order valence-electron chi connectivity index (χ3n) is 4.71. The molecule has 0 bridgehead atoms. The van der Waals surface area contributed by atoms with Crippen LogP contribution in [0.15, 0.2) is 30.3 Å². The lowest BCUT2D eigenvalue weighted by Gasteiger charge is -2.31. The number of nitrogens with zero attached hydrogens (tertiary/aromatic N) is 1. The number of nitrogens with one attached hydrogen (secondary N) is 2. The molecule has 0 aromatic heterocycles. The number of urea groups is 1. The molecule has 2 aliphatic rings. The molecule has 0 aliphatic carbocycles. The highest BCUT2D eigenvalue weighted by Gasteiger charge is 2.28. The quantitative estimate of drug-likeness (QED) is 0.889. The Hall–Kier alpha value is -2.08. The Morgan fingerprint density at radius 2 is 1.88 bits per heavy atom. The van der Waals surface area contributed by atoms with Crippen LogP contribution in [0, 0.1) is 5.92 Å². The molecule has 24 heavy (non-hydrogen) atoms. The Labute approximate surface area is 142 Å². The van der Waals surface area contributed by atoms with E-state index in [0.29, 0.717) is 32.5 Å². The van der Waals surface area contributed by atoms with E-state index >= 15 is 0 Å². The predicted octanol–water partition coefficient (Wildman–Crippen LogP) is 2.23.